The summed E-state index contributed by atoms with van der Waals surface area (Å²) in [6, 6.07) is 10.4. The summed E-state index contributed by atoms with van der Waals surface area (Å²) in [4.78, 5) is 13.1. The lowest BCUT2D eigenvalue weighted by Gasteiger charge is -2.26. The van der Waals surface area contributed by atoms with Gasteiger partial charge in [0.15, 0.2) is 0 Å². The second-order valence-electron chi connectivity index (χ2n) is 6.10. The molecule has 0 atom stereocenters. The van der Waals surface area contributed by atoms with Gasteiger partial charge in [-0.05, 0) is 6.92 Å². The van der Waals surface area contributed by atoms with Crippen LogP contribution in [-0.2, 0) is 26.6 Å². The smallest absolute Gasteiger partial charge is 0.123 e. The molecule has 1 aromatic carbocycles. The number of benzene rings is 1. The Morgan fingerprint density at radius 2 is 2.04 bits per heavy atom. The molecule has 0 fully saturated rings. The van der Waals surface area contributed by atoms with Crippen LogP contribution < -0.4 is 0 Å². The van der Waals surface area contributed by atoms with Crippen LogP contribution in [0.3, 0.4) is 0 Å². The Balaban J connectivity index is 1.53. The zero-order valence-corrected chi connectivity index (χ0v) is 14.3. The van der Waals surface area contributed by atoms with E-state index in [9.17, 15) is 0 Å². The van der Waals surface area contributed by atoms with Gasteiger partial charge in [0, 0.05) is 49.2 Å². The summed E-state index contributed by atoms with van der Waals surface area (Å²) in [5.74, 6) is 0. The average molecular weight is 324 g/mol. The van der Waals surface area contributed by atoms with Crippen molar-refractivity contribution in [1.29, 1.82) is 0 Å². The lowest BCUT2D eigenvalue weighted by molar-refractivity contribution is 0.241. The maximum atomic E-state index is 4.77. The van der Waals surface area contributed by atoms with E-state index in [2.05, 4.69) is 52.7 Å². The normalized spacial score (nSPS) is 14.9. The molecule has 0 saturated carbocycles. The fraction of sp³-hybridized carbons (Fsp3) is 0.333. The SMILES string of the molecule is Cc1nc(-c2ccccc2)sc1CN1CCc2c(ncn2C)C1. The first-order chi connectivity index (χ1) is 11.2. The van der Waals surface area contributed by atoms with Crippen molar-refractivity contribution in [1.82, 2.24) is 19.4 Å². The number of aryl methyl sites for hydroxylation is 2. The Hall–Kier alpha value is -1.98. The monoisotopic (exact) mass is 324 g/mol. The molecule has 0 bridgehead atoms. The van der Waals surface area contributed by atoms with Crippen LogP contribution in [-0.4, -0.2) is 26.0 Å². The first-order valence-corrected chi connectivity index (χ1v) is 8.75. The molecular formula is C18H20N4S. The van der Waals surface area contributed by atoms with Crippen LogP contribution in [0.2, 0.25) is 0 Å². The zero-order valence-electron chi connectivity index (χ0n) is 13.5. The van der Waals surface area contributed by atoms with Crippen LogP contribution in [0.15, 0.2) is 36.7 Å². The molecule has 3 heterocycles. The van der Waals surface area contributed by atoms with Crippen molar-refractivity contribution in [3.8, 4) is 10.6 Å². The Kier molecular flexibility index (Phi) is 3.75. The Morgan fingerprint density at radius 1 is 1.22 bits per heavy atom. The average Bonchev–Trinajstić information content (AvgIpc) is 3.12. The van der Waals surface area contributed by atoms with Crippen LogP contribution in [0, 0.1) is 6.92 Å². The number of rotatable bonds is 3. The van der Waals surface area contributed by atoms with E-state index in [1.807, 2.05) is 23.7 Å². The van der Waals surface area contributed by atoms with Crippen LogP contribution in [0.4, 0.5) is 0 Å². The number of imidazole rings is 1. The van der Waals surface area contributed by atoms with E-state index in [-0.39, 0.29) is 0 Å². The number of aromatic nitrogens is 3. The quantitative estimate of drug-likeness (QED) is 0.740. The van der Waals surface area contributed by atoms with E-state index in [4.69, 9.17) is 4.98 Å². The maximum absolute atomic E-state index is 4.77. The Labute approximate surface area is 140 Å². The van der Waals surface area contributed by atoms with Gasteiger partial charge in [-0.15, -0.1) is 11.3 Å². The molecule has 0 N–H and O–H groups in total. The Bertz CT molecular complexity index is 819. The second kappa shape index (κ2) is 5.91. The molecule has 5 heteroatoms. The van der Waals surface area contributed by atoms with Crippen molar-refractivity contribution in [2.45, 2.75) is 26.4 Å². The van der Waals surface area contributed by atoms with Gasteiger partial charge in [0.1, 0.15) is 5.01 Å². The van der Waals surface area contributed by atoms with E-state index in [0.717, 1.165) is 36.8 Å². The molecule has 0 radical (unpaired) electrons. The molecule has 0 spiro atoms. The van der Waals surface area contributed by atoms with Crippen molar-refractivity contribution in [3.05, 3.63) is 58.6 Å². The van der Waals surface area contributed by atoms with Crippen LogP contribution in [0.5, 0.6) is 0 Å². The molecule has 0 saturated heterocycles. The number of hydrogen-bond donors (Lipinski definition) is 0. The third-order valence-corrected chi connectivity index (χ3v) is 5.66. The highest BCUT2D eigenvalue weighted by molar-refractivity contribution is 7.15. The summed E-state index contributed by atoms with van der Waals surface area (Å²) in [6.45, 7) is 5.11. The number of hydrogen-bond acceptors (Lipinski definition) is 4. The summed E-state index contributed by atoms with van der Waals surface area (Å²) >= 11 is 1.81. The Morgan fingerprint density at radius 3 is 2.87 bits per heavy atom. The highest BCUT2D eigenvalue weighted by Crippen LogP contribution is 2.29. The highest BCUT2D eigenvalue weighted by atomic mass is 32.1. The number of nitrogens with zero attached hydrogens (tertiary/aromatic N) is 4. The largest absolute Gasteiger partial charge is 0.337 e. The van der Waals surface area contributed by atoms with Gasteiger partial charge in [-0.25, -0.2) is 9.97 Å². The van der Waals surface area contributed by atoms with Gasteiger partial charge in [-0.2, -0.15) is 0 Å². The van der Waals surface area contributed by atoms with E-state index in [1.54, 1.807) is 0 Å². The molecule has 0 unspecified atom stereocenters. The van der Waals surface area contributed by atoms with Gasteiger partial charge in [0.2, 0.25) is 0 Å². The van der Waals surface area contributed by atoms with Gasteiger partial charge >= 0.3 is 0 Å². The van der Waals surface area contributed by atoms with Crippen molar-refractivity contribution < 1.29 is 0 Å². The standard InChI is InChI=1S/C18H20N4S/c1-13-17(23-18(20-13)14-6-4-3-5-7-14)11-22-9-8-16-15(10-22)19-12-21(16)2/h3-7,12H,8-11H2,1-2H3. The van der Waals surface area contributed by atoms with Gasteiger partial charge in [0.25, 0.3) is 0 Å². The molecule has 118 valence electrons. The molecule has 4 rings (SSSR count). The minimum absolute atomic E-state index is 0.939. The van der Waals surface area contributed by atoms with E-state index in [1.165, 1.54) is 21.8 Å². The minimum atomic E-state index is 0.939. The lowest BCUT2D eigenvalue weighted by atomic mass is 10.1. The molecule has 4 nitrogen and oxygen atoms in total. The van der Waals surface area contributed by atoms with Crippen molar-refractivity contribution in [3.63, 3.8) is 0 Å². The third-order valence-electron chi connectivity index (χ3n) is 4.46. The summed E-state index contributed by atoms with van der Waals surface area (Å²) < 4.78 is 2.15. The van der Waals surface area contributed by atoms with Crippen molar-refractivity contribution >= 4 is 11.3 Å². The molecule has 0 aliphatic carbocycles. The summed E-state index contributed by atoms with van der Waals surface area (Å²) in [5, 5.41) is 1.12. The maximum Gasteiger partial charge on any atom is 0.123 e. The van der Waals surface area contributed by atoms with Crippen molar-refractivity contribution in [2.75, 3.05) is 6.54 Å². The zero-order chi connectivity index (χ0) is 15.8. The van der Waals surface area contributed by atoms with E-state index >= 15 is 0 Å². The molecule has 1 aliphatic heterocycles. The number of thiazole rings is 1. The molecule has 0 amide bonds. The molecule has 23 heavy (non-hydrogen) atoms. The summed E-state index contributed by atoms with van der Waals surface area (Å²) in [7, 11) is 2.08. The van der Waals surface area contributed by atoms with Gasteiger partial charge in [-0.1, -0.05) is 30.3 Å². The predicted molar refractivity (Wildman–Crippen MR) is 93.3 cm³/mol. The summed E-state index contributed by atoms with van der Waals surface area (Å²) in [6.07, 6.45) is 3.01. The van der Waals surface area contributed by atoms with Crippen molar-refractivity contribution in [2.24, 2.45) is 7.05 Å². The predicted octanol–water partition coefficient (Wildman–Crippen LogP) is 3.41. The highest BCUT2D eigenvalue weighted by Gasteiger charge is 2.21. The second-order valence-corrected chi connectivity index (χ2v) is 7.19. The third kappa shape index (κ3) is 2.82. The molecule has 3 aromatic rings. The minimum Gasteiger partial charge on any atom is -0.337 e. The van der Waals surface area contributed by atoms with Crippen LogP contribution in [0.1, 0.15) is 22.0 Å². The topological polar surface area (TPSA) is 34.0 Å². The summed E-state index contributed by atoms with van der Waals surface area (Å²) in [5.41, 5.74) is 4.97. The van der Waals surface area contributed by atoms with Gasteiger partial charge in [0.05, 0.1) is 17.7 Å². The first kappa shape index (κ1) is 14.6. The first-order valence-electron chi connectivity index (χ1n) is 7.94. The van der Waals surface area contributed by atoms with Gasteiger partial charge in [-0.3, -0.25) is 4.90 Å². The molecular weight excluding hydrogens is 304 g/mol. The van der Waals surface area contributed by atoms with E-state index in [0.29, 0.717) is 0 Å². The number of fused-ring (bicyclic) bond motifs is 1. The molecule has 2 aromatic heterocycles. The lowest BCUT2D eigenvalue weighted by Crippen LogP contribution is -2.30. The fourth-order valence-corrected chi connectivity index (χ4v) is 4.24. The van der Waals surface area contributed by atoms with E-state index < -0.39 is 0 Å². The van der Waals surface area contributed by atoms with Gasteiger partial charge < -0.3 is 4.57 Å². The van der Waals surface area contributed by atoms with Crippen LogP contribution >= 0.6 is 11.3 Å². The van der Waals surface area contributed by atoms with Crippen LogP contribution in [0.25, 0.3) is 10.6 Å². The fourth-order valence-electron chi connectivity index (χ4n) is 3.13. The molecule has 1 aliphatic rings.